The van der Waals surface area contributed by atoms with Crippen molar-refractivity contribution in [3.63, 3.8) is 0 Å². The topological polar surface area (TPSA) is 82.4 Å². The van der Waals surface area contributed by atoms with Gasteiger partial charge < -0.3 is 0 Å². The Bertz CT molecular complexity index is 681. The van der Waals surface area contributed by atoms with E-state index < -0.39 is 35.0 Å². The summed E-state index contributed by atoms with van der Waals surface area (Å²) in [6.07, 6.45) is -6.58. The smallest absolute Gasteiger partial charge is 0.200 e. The van der Waals surface area contributed by atoms with Crippen LogP contribution in [0.2, 0.25) is 0 Å². The van der Waals surface area contributed by atoms with E-state index in [0.717, 1.165) is 12.1 Å². The van der Waals surface area contributed by atoms with Crippen LogP contribution in [-0.2, 0) is 17.9 Å². The van der Waals surface area contributed by atoms with Gasteiger partial charge in [0.15, 0.2) is 0 Å². The molecule has 0 fully saturated rings. The number of hydrogen-bond donors (Lipinski definition) is 0. The van der Waals surface area contributed by atoms with E-state index in [1.807, 2.05) is 0 Å². The molecular formula is C8H5F5NO4S2+. The molecule has 0 aliphatic rings. The molecule has 0 spiro atoms. The lowest BCUT2D eigenvalue weighted by Crippen LogP contribution is -2.48. The van der Waals surface area contributed by atoms with Gasteiger partial charge in [-0.25, -0.2) is 0 Å². The Labute approximate surface area is 109 Å². The molecule has 0 unspecified atom stereocenters. The highest BCUT2D eigenvalue weighted by molar-refractivity contribution is 8.66. The predicted octanol–water partition coefficient (Wildman–Crippen LogP) is 1.74. The van der Waals surface area contributed by atoms with Crippen molar-refractivity contribution in [2.45, 2.75) is 11.4 Å². The molecule has 2 radical (unpaired) electrons. The van der Waals surface area contributed by atoms with Crippen LogP contribution in [-0.4, -0.2) is 28.3 Å². The van der Waals surface area contributed by atoms with Crippen molar-refractivity contribution in [3.05, 3.63) is 30.3 Å². The number of halogens is 5. The minimum Gasteiger partial charge on any atom is -0.200 e. The maximum atomic E-state index is 12.8. The second-order valence-corrected chi connectivity index (χ2v) is 8.36. The van der Waals surface area contributed by atoms with Crippen molar-refractivity contribution >= 4 is 23.6 Å². The van der Waals surface area contributed by atoms with Crippen LogP contribution < -0.4 is 4.72 Å². The number of alkyl halides is 5. The van der Waals surface area contributed by atoms with Gasteiger partial charge in [-0.2, -0.15) is 30.4 Å². The van der Waals surface area contributed by atoms with Gasteiger partial charge in [0, 0.05) is 12.1 Å². The summed E-state index contributed by atoms with van der Waals surface area (Å²) in [7, 11) is -13.1. The second-order valence-electron chi connectivity index (χ2n) is 3.32. The van der Waals surface area contributed by atoms with Gasteiger partial charge in [0.05, 0.1) is 0 Å². The fourth-order valence-corrected chi connectivity index (χ4v) is 3.60. The highest BCUT2D eigenvalue weighted by atomic mass is 33.2. The number of rotatable bonds is 4. The zero-order chi connectivity index (χ0) is 15.8. The van der Waals surface area contributed by atoms with Crippen LogP contribution in [0.25, 0.3) is 0 Å². The molecule has 0 atom stereocenters. The second kappa shape index (κ2) is 4.93. The first-order valence-corrected chi connectivity index (χ1v) is 7.99. The van der Waals surface area contributed by atoms with Crippen LogP contribution in [0, 0.1) is 0 Å². The fourth-order valence-electron chi connectivity index (χ4n) is 0.941. The van der Waals surface area contributed by atoms with Crippen LogP contribution in [0.1, 0.15) is 0 Å². The summed E-state index contributed by atoms with van der Waals surface area (Å²) >= 11 is 0. The fraction of sp³-hybridized carbons (Fsp3) is 0.250. The average molecular weight is 338 g/mol. The molecule has 5 nitrogen and oxygen atoms in total. The van der Waals surface area contributed by atoms with Gasteiger partial charge in [-0.05, 0) is 0 Å². The third-order valence-corrected chi connectivity index (χ3v) is 6.26. The van der Waals surface area contributed by atoms with Gasteiger partial charge in [0.2, 0.25) is 0 Å². The molecular weight excluding hydrogens is 333 g/mol. The third kappa shape index (κ3) is 2.76. The molecule has 112 valence electrons. The molecule has 0 aliphatic carbocycles. The summed E-state index contributed by atoms with van der Waals surface area (Å²) in [4.78, 5) is 0. The number of benzene rings is 1. The van der Waals surface area contributed by atoms with Gasteiger partial charge in [-0.3, -0.25) is 0 Å². The van der Waals surface area contributed by atoms with Gasteiger partial charge in [0.25, 0.3) is 10.4 Å². The van der Waals surface area contributed by atoms with E-state index >= 15 is 0 Å². The van der Waals surface area contributed by atoms with E-state index in [2.05, 4.69) is 4.72 Å². The van der Waals surface area contributed by atoms with Crippen LogP contribution >= 0.6 is 0 Å². The summed E-state index contributed by atoms with van der Waals surface area (Å²) in [5.74, 6) is 0. The molecule has 0 N–H and O–H groups in total. The average Bonchev–Trinajstić information content (AvgIpc) is 2.27. The Balaban J connectivity index is 3.28. The Morgan fingerprint density at radius 2 is 1.30 bits per heavy atom. The zero-order valence-electron chi connectivity index (χ0n) is 9.17. The zero-order valence-corrected chi connectivity index (χ0v) is 10.8. The molecule has 0 bridgehead atoms. The highest BCUT2D eigenvalue weighted by Gasteiger charge is 2.75. The molecule has 0 heterocycles. The van der Waals surface area contributed by atoms with E-state index in [1.54, 1.807) is 0 Å². The van der Waals surface area contributed by atoms with Crippen LogP contribution in [0.4, 0.5) is 27.6 Å². The Morgan fingerprint density at radius 3 is 1.70 bits per heavy atom. The van der Waals surface area contributed by atoms with Crippen LogP contribution in [0.5, 0.6) is 0 Å². The lowest BCUT2D eigenvalue weighted by Gasteiger charge is -2.15. The van der Waals surface area contributed by atoms with Crippen molar-refractivity contribution in [2.24, 2.45) is 0 Å². The minimum absolute atomic E-state index is 0.603. The van der Waals surface area contributed by atoms with Crippen LogP contribution in [0.15, 0.2) is 30.3 Å². The van der Waals surface area contributed by atoms with E-state index in [-0.39, 0.29) is 0 Å². The Morgan fingerprint density at radius 1 is 0.850 bits per heavy atom. The summed E-state index contributed by atoms with van der Waals surface area (Å²) < 4.78 is 108. The third-order valence-electron chi connectivity index (χ3n) is 1.89. The van der Waals surface area contributed by atoms with Crippen molar-refractivity contribution in [1.29, 1.82) is 0 Å². The van der Waals surface area contributed by atoms with Crippen molar-refractivity contribution in [3.8, 4) is 0 Å². The quantitative estimate of drug-likeness (QED) is 0.618. The summed E-state index contributed by atoms with van der Waals surface area (Å²) in [5.41, 5.74) is -0.603. The van der Waals surface area contributed by atoms with Gasteiger partial charge in [-0.1, -0.05) is 18.2 Å². The van der Waals surface area contributed by atoms with Gasteiger partial charge in [-0.15, -0.1) is 8.42 Å². The monoisotopic (exact) mass is 338 g/mol. The number of hydrogen-bond acceptors (Lipinski definition) is 4. The molecule has 0 saturated carbocycles. The largest absolute Gasteiger partial charge is 0.522 e. The first-order valence-electron chi connectivity index (χ1n) is 4.55. The highest BCUT2D eigenvalue weighted by Crippen LogP contribution is 2.42. The van der Waals surface area contributed by atoms with Crippen molar-refractivity contribution < 1.29 is 38.8 Å². The standard InChI is InChI=1S/C8H5F5NO4S2/c9-7(10,11)8(12,13)19(15,16)20(17,18)14-6-4-2-1-3-5-6/h1-5H/q+1. The molecule has 0 aromatic heterocycles. The van der Waals surface area contributed by atoms with Crippen molar-refractivity contribution in [2.75, 3.05) is 0 Å². The van der Waals surface area contributed by atoms with Crippen molar-refractivity contribution in [1.82, 2.24) is 4.72 Å². The summed E-state index contributed by atoms with van der Waals surface area (Å²) in [6, 6.07) is 5.56. The van der Waals surface area contributed by atoms with E-state index in [4.69, 9.17) is 0 Å². The molecule has 12 heteroatoms. The molecule has 0 saturated heterocycles. The normalized spacial score (nSPS) is 14.2. The minimum atomic E-state index is -6.95. The van der Waals surface area contributed by atoms with Crippen LogP contribution in [0.3, 0.4) is 0 Å². The molecule has 0 amide bonds. The van der Waals surface area contributed by atoms with Gasteiger partial charge in [0.1, 0.15) is 0 Å². The van der Waals surface area contributed by atoms with E-state index in [1.165, 1.54) is 18.2 Å². The Kier molecular flexibility index (Phi) is 4.14. The van der Waals surface area contributed by atoms with Gasteiger partial charge >= 0.3 is 29.4 Å². The molecule has 1 aromatic rings. The van der Waals surface area contributed by atoms with E-state index in [0.29, 0.717) is 0 Å². The molecule has 0 aliphatic heterocycles. The first kappa shape index (κ1) is 16.8. The summed E-state index contributed by atoms with van der Waals surface area (Å²) in [6.45, 7) is 0. The first-order chi connectivity index (χ1) is 8.83. The lowest BCUT2D eigenvalue weighted by molar-refractivity contribution is -0.240. The molecule has 1 rings (SSSR count). The molecule has 20 heavy (non-hydrogen) atoms. The molecule has 1 aromatic carbocycles. The maximum Gasteiger partial charge on any atom is 0.522 e. The maximum absolute atomic E-state index is 12.8. The number of nitrogens with zero attached hydrogens (tertiary/aromatic N) is 1. The summed E-state index contributed by atoms with van der Waals surface area (Å²) in [5, 5.41) is -6.46. The lowest BCUT2D eigenvalue weighted by atomic mass is 10.3. The predicted molar refractivity (Wildman–Crippen MR) is 57.1 cm³/mol. The van der Waals surface area contributed by atoms with E-state index in [9.17, 15) is 38.8 Å². The SMILES string of the molecule is O=S(=O)([N+]c1ccccc1)S(=O)(=O)C(F)(F)C(F)(F)F. The Hall–Kier alpha value is -1.27.